The molecule has 0 bridgehead atoms. The summed E-state index contributed by atoms with van der Waals surface area (Å²) in [7, 11) is 0. The summed E-state index contributed by atoms with van der Waals surface area (Å²) < 4.78 is 0. The van der Waals surface area contributed by atoms with Gasteiger partial charge < -0.3 is 10.7 Å². The predicted molar refractivity (Wildman–Crippen MR) is 48.0 cm³/mol. The first kappa shape index (κ1) is 8.77. The maximum Gasteiger partial charge on any atom is 0.275 e. The molecule has 0 aliphatic heterocycles. The number of aromatic nitrogens is 2. The van der Waals surface area contributed by atoms with Gasteiger partial charge in [-0.3, -0.25) is 4.79 Å². The molecule has 0 amide bonds. The number of hydrogen-bond donors (Lipinski definition) is 2. The van der Waals surface area contributed by atoms with Gasteiger partial charge in [0.05, 0.1) is 0 Å². The second kappa shape index (κ2) is 2.62. The van der Waals surface area contributed by atoms with E-state index in [2.05, 4.69) is 9.97 Å². The molecule has 4 nitrogen and oxygen atoms in total. The Morgan fingerprint density at radius 3 is 2.50 bits per heavy atom. The largest absolute Gasteiger partial charge is 0.385 e. The topological polar surface area (TPSA) is 71.8 Å². The van der Waals surface area contributed by atoms with Gasteiger partial charge in [-0.25, -0.2) is 0 Å². The molecule has 0 saturated heterocycles. The first-order chi connectivity index (χ1) is 5.39. The van der Waals surface area contributed by atoms with Crippen LogP contribution in [0.15, 0.2) is 10.9 Å². The lowest BCUT2D eigenvalue weighted by Crippen LogP contribution is -2.22. The van der Waals surface area contributed by atoms with Crippen molar-refractivity contribution in [1.29, 1.82) is 0 Å². The highest BCUT2D eigenvalue weighted by Crippen LogP contribution is 2.16. The normalized spacial score (nSPS) is 11.6. The molecule has 1 rings (SSSR count). The zero-order valence-corrected chi connectivity index (χ0v) is 7.51. The molecule has 0 fully saturated rings. The fourth-order valence-corrected chi connectivity index (χ4v) is 0.831. The van der Waals surface area contributed by atoms with Crippen molar-refractivity contribution in [3.05, 3.63) is 22.2 Å². The summed E-state index contributed by atoms with van der Waals surface area (Å²) in [6.45, 7) is 5.89. The van der Waals surface area contributed by atoms with Crippen LogP contribution in [-0.2, 0) is 5.41 Å². The highest BCUT2D eigenvalue weighted by atomic mass is 16.1. The van der Waals surface area contributed by atoms with Gasteiger partial charge in [0.15, 0.2) is 0 Å². The van der Waals surface area contributed by atoms with Crippen molar-refractivity contribution in [2.75, 3.05) is 5.73 Å². The summed E-state index contributed by atoms with van der Waals surface area (Å²) in [5.41, 5.74) is 4.99. The van der Waals surface area contributed by atoms with E-state index >= 15 is 0 Å². The van der Waals surface area contributed by atoms with Gasteiger partial charge in [0.25, 0.3) is 5.56 Å². The molecule has 0 atom stereocenters. The van der Waals surface area contributed by atoms with Crippen LogP contribution >= 0.6 is 0 Å². The molecule has 1 aromatic heterocycles. The zero-order valence-electron chi connectivity index (χ0n) is 7.51. The Bertz CT molecular complexity index is 335. The second-order valence-electron chi connectivity index (χ2n) is 3.77. The molecule has 1 aromatic rings. The van der Waals surface area contributed by atoms with Gasteiger partial charge in [0.2, 0.25) is 0 Å². The van der Waals surface area contributed by atoms with Crippen molar-refractivity contribution in [2.45, 2.75) is 26.2 Å². The van der Waals surface area contributed by atoms with E-state index in [4.69, 9.17) is 5.73 Å². The van der Waals surface area contributed by atoms with Crippen molar-refractivity contribution < 1.29 is 0 Å². The minimum atomic E-state index is -0.295. The van der Waals surface area contributed by atoms with Crippen molar-refractivity contribution in [3.63, 3.8) is 0 Å². The fourth-order valence-electron chi connectivity index (χ4n) is 0.831. The molecule has 1 heterocycles. The monoisotopic (exact) mass is 167 g/mol. The van der Waals surface area contributed by atoms with Crippen LogP contribution in [0.3, 0.4) is 0 Å². The average molecular weight is 167 g/mol. The lowest BCUT2D eigenvalue weighted by molar-refractivity contribution is 0.544. The molecular weight excluding hydrogens is 154 g/mol. The summed E-state index contributed by atoms with van der Waals surface area (Å²) in [6, 6.07) is 1.27. The third kappa shape index (κ3) is 1.84. The van der Waals surface area contributed by atoms with Crippen LogP contribution in [0.25, 0.3) is 0 Å². The van der Waals surface area contributed by atoms with Crippen LogP contribution in [0.5, 0.6) is 0 Å². The molecule has 0 aromatic carbocycles. The number of rotatable bonds is 0. The molecule has 0 unspecified atom stereocenters. The van der Waals surface area contributed by atoms with Gasteiger partial charge >= 0.3 is 0 Å². The van der Waals surface area contributed by atoms with E-state index in [9.17, 15) is 4.79 Å². The molecule has 0 aliphatic rings. The molecule has 0 saturated carbocycles. The average Bonchev–Trinajstić information content (AvgIpc) is 1.82. The molecule has 4 heteroatoms. The number of hydrogen-bond acceptors (Lipinski definition) is 3. The Morgan fingerprint density at radius 1 is 1.50 bits per heavy atom. The third-order valence-electron chi connectivity index (χ3n) is 1.47. The van der Waals surface area contributed by atoms with E-state index in [1.54, 1.807) is 0 Å². The standard InChI is InChI=1S/C8H13N3O/c1-8(2,3)7-10-5(9)4-6(12)11-7/h4H,1-3H3,(H3,9,10,11,12). The molecule has 3 N–H and O–H groups in total. The second-order valence-corrected chi connectivity index (χ2v) is 3.77. The van der Waals surface area contributed by atoms with Crippen molar-refractivity contribution in [3.8, 4) is 0 Å². The summed E-state index contributed by atoms with van der Waals surface area (Å²) in [5.74, 6) is 0.979. The smallest absolute Gasteiger partial charge is 0.275 e. The van der Waals surface area contributed by atoms with Gasteiger partial charge in [-0.1, -0.05) is 20.8 Å². The number of aromatic amines is 1. The summed E-state index contributed by atoms with van der Waals surface area (Å²) in [6.07, 6.45) is 0. The quantitative estimate of drug-likeness (QED) is 0.596. The number of nitrogens with zero attached hydrogens (tertiary/aromatic N) is 1. The van der Waals surface area contributed by atoms with Crippen molar-refractivity contribution in [1.82, 2.24) is 9.97 Å². The van der Waals surface area contributed by atoms with E-state index in [-0.39, 0.29) is 11.0 Å². The molecule has 66 valence electrons. The van der Waals surface area contributed by atoms with Crippen LogP contribution in [0.2, 0.25) is 0 Å². The first-order valence-electron chi connectivity index (χ1n) is 3.77. The van der Waals surface area contributed by atoms with E-state index in [1.807, 2.05) is 20.8 Å². The number of nitrogen functional groups attached to an aromatic ring is 1. The van der Waals surface area contributed by atoms with Crippen molar-refractivity contribution >= 4 is 5.82 Å². The van der Waals surface area contributed by atoms with Gasteiger partial charge in [-0.2, -0.15) is 4.98 Å². The van der Waals surface area contributed by atoms with Crippen LogP contribution in [0.4, 0.5) is 5.82 Å². The summed E-state index contributed by atoms with van der Waals surface area (Å²) >= 11 is 0. The van der Waals surface area contributed by atoms with Crippen LogP contribution in [0, 0.1) is 0 Å². The third-order valence-corrected chi connectivity index (χ3v) is 1.47. The zero-order chi connectivity index (χ0) is 9.35. The summed E-state index contributed by atoms with van der Waals surface area (Å²) in [4.78, 5) is 17.6. The minimum Gasteiger partial charge on any atom is -0.385 e. The van der Waals surface area contributed by atoms with E-state index in [1.165, 1.54) is 6.07 Å². The Labute approximate surface area is 70.8 Å². The highest BCUT2D eigenvalue weighted by Gasteiger charge is 2.16. The van der Waals surface area contributed by atoms with Crippen molar-refractivity contribution in [2.24, 2.45) is 0 Å². The summed E-state index contributed by atoms with van der Waals surface area (Å²) in [5, 5.41) is 0. The molecule has 0 spiro atoms. The maximum absolute atomic E-state index is 10.9. The first-order valence-corrected chi connectivity index (χ1v) is 3.77. The number of H-pyrrole nitrogens is 1. The SMILES string of the molecule is CC(C)(C)c1nc(=O)cc(N)[nH]1. The van der Waals surface area contributed by atoms with Gasteiger partial charge in [0.1, 0.15) is 11.6 Å². The Balaban J connectivity index is 3.27. The molecule has 12 heavy (non-hydrogen) atoms. The lowest BCUT2D eigenvalue weighted by Gasteiger charge is -2.16. The molecule has 0 aliphatic carbocycles. The van der Waals surface area contributed by atoms with Crippen LogP contribution in [0.1, 0.15) is 26.6 Å². The van der Waals surface area contributed by atoms with Gasteiger partial charge in [-0.15, -0.1) is 0 Å². The predicted octanol–water partition coefficient (Wildman–Crippen LogP) is 0.650. The minimum absolute atomic E-state index is 0.172. The fraction of sp³-hybridized carbons (Fsp3) is 0.500. The highest BCUT2D eigenvalue weighted by molar-refractivity contribution is 5.26. The number of nitrogens with two attached hydrogens (primary N) is 1. The van der Waals surface area contributed by atoms with Crippen LogP contribution < -0.4 is 11.3 Å². The van der Waals surface area contributed by atoms with Gasteiger partial charge in [0, 0.05) is 11.5 Å². The maximum atomic E-state index is 10.9. The van der Waals surface area contributed by atoms with E-state index in [0.29, 0.717) is 11.6 Å². The number of nitrogens with one attached hydrogen (secondary N) is 1. The number of anilines is 1. The molecule has 0 radical (unpaired) electrons. The Hall–Kier alpha value is -1.32. The van der Waals surface area contributed by atoms with Crippen LogP contribution in [-0.4, -0.2) is 9.97 Å². The lowest BCUT2D eigenvalue weighted by atomic mass is 9.96. The van der Waals surface area contributed by atoms with E-state index in [0.717, 1.165) is 0 Å². The Morgan fingerprint density at radius 2 is 2.08 bits per heavy atom. The van der Waals surface area contributed by atoms with E-state index < -0.39 is 0 Å². The Kier molecular flexibility index (Phi) is 1.92. The molecular formula is C8H13N3O. The van der Waals surface area contributed by atoms with Gasteiger partial charge in [-0.05, 0) is 0 Å².